The molecule has 13 heteroatoms. The summed E-state index contributed by atoms with van der Waals surface area (Å²) in [5.74, 6) is -2.08. The minimum absolute atomic E-state index is 0.00857. The van der Waals surface area contributed by atoms with Gasteiger partial charge in [-0.25, -0.2) is 30.6 Å². The van der Waals surface area contributed by atoms with Crippen molar-refractivity contribution in [3.63, 3.8) is 0 Å². The predicted octanol–water partition coefficient (Wildman–Crippen LogP) is 3.22. The van der Waals surface area contributed by atoms with E-state index in [0.717, 1.165) is 44.4 Å². The average molecular weight is 571 g/mol. The second-order valence-electron chi connectivity index (χ2n) is 8.53. The summed E-state index contributed by atoms with van der Waals surface area (Å²) in [4.78, 5) is 5.86. The first kappa shape index (κ1) is 27.4. The summed E-state index contributed by atoms with van der Waals surface area (Å²) in [6, 6.07) is 10.4. The van der Waals surface area contributed by atoms with Crippen LogP contribution >= 0.6 is 11.6 Å². The smallest absolute Gasteiger partial charge is 0.235 e. The molecular formula is C24H25ClF2N4O4S2. The summed E-state index contributed by atoms with van der Waals surface area (Å²) in [5, 5.41) is 1.81. The highest BCUT2D eigenvalue weighted by atomic mass is 35.5. The fourth-order valence-corrected chi connectivity index (χ4v) is 7.03. The van der Waals surface area contributed by atoms with E-state index in [4.69, 9.17) is 11.6 Å². The molecule has 0 spiro atoms. The van der Waals surface area contributed by atoms with Crippen molar-refractivity contribution < 1.29 is 25.6 Å². The number of sulfone groups is 1. The number of hydrogen-bond acceptors (Lipinski definition) is 7. The highest BCUT2D eigenvalue weighted by Crippen LogP contribution is 2.37. The first-order chi connectivity index (χ1) is 17.5. The molecule has 0 saturated carbocycles. The second kappa shape index (κ2) is 11.4. The van der Waals surface area contributed by atoms with Crippen LogP contribution in [0, 0.1) is 11.6 Å². The van der Waals surface area contributed by atoms with E-state index in [1.165, 1.54) is 42.6 Å². The Balaban J connectivity index is 1.68. The molecule has 3 aromatic rings. The third-order valence-electron chi connectivity index (χ3n) is 5.93. The Labute approximate surface area is 219 Å². The normalized spacial score (nSPS) is 15.9. The number of sulfonamides is 1. The summed E-state index contributed by atoms with van der Waals surface area (Å²) in [5.41, 5.74) is -0.414. The number of aromatic nitrogens is 1. The second-order valence-corrected chi connectivity index (χ2v) is 12.8. The highest BCUT2D eigenvalue weighted by molar-refractivity contribution is 7.92. The summed E-state index contributed by atoms with van der Waals surface area (Å²) >= 11 is 5.89. The van der Waals surface area contributed by atoms with Crippen molar-refractivity contribution in [2.24, 2.45) is 0 Å². The molecule has 2 aromatic carbocycles. The molecule has 0 aliphatic carbocycles. The molecule has 0 amide bonds. The molecule has 4 rings (SSSR count). The van der Waals surface area contributed by atoms with Gasteiger partial charge in [0, 0.05) is 49.5 Å². The minimum Gasteiger partial charge on any atom is -0.314 e. The summed E-state index contributed by atoms with van der Waals surface area (Å²) in [7, 11) is -8.15. The van der Waals surface area contributed by atoms with Gasteiger partial charge >= 0.3 is 0 Å². The van der Waals surface area contributed by atoms with Crippen LogP contribution in [0.3, 0.4) is 0 Å². The Kier molecular flexibility index (Phi) is 8.44. The van der Waals surface area contributed by atoms with E-state index < -0.39 is 42.3 Å². The number of anilines is 1. The number of hydrogen-bond donors (Lipinski definition) is 2. The van der Waals surface area contributed by atoms with Gasteiger partial charge in [0.15, 0.2) is 9.84 Å². The molecule has 1 aliphatic heterocycles. The van der Waals surface area contributed by atoms with Crippen LogP contribution < -0.4 is 10.0 Å². The molecule has 0 bridgehead atoms. The summed E-state index contributed by atoms with van der Waals surface area (Å²) in [6.45, 7) is 3.33. The van der Waals surface area contributed by atoms with E-state index in [2.05, 4.69) is 15.0 Å². The van der Waals surface area contributed by atoms with Crippen molar-refractivity contribution >= 4 is 37.3 Å². The van der Waals surface area contributed by atoms with Gasteiger partial charge in [-0.15, -0.1) is 0 Å². The lowest BCUT2D eigenvalue weighted by molar-refractivity contribution is 0.254. The number of nitrogens with zero attached hydrogens (tertiary/aromatic N) is 2. The third-order valence-corrected chi connectivity index (χ3v) is 9.49. The monoisotopic (exact) mass is 570 g/mol. The van der Waals surface area contributed by atoms with Crippen LogP contribution in [-0.4, -0.2) is 65.2 Å². The van der Waals surface area contributed by atoms with Crippen molar-refractivity contribution in [2.45, 2.75) is 10.1 Å². The fourth-order valence-electron chi connectivity index (χ4n) is 4.06. The molecule has 37 heavy (non-hydrogen) atoms. The molecule has 1 saturated heterocycles. The zero-order valence-corrected chi connectivity index (χ0v) is 22.0. The van der Waals surface area contributed by atoms with Gasteiger partial charge in [-0.05, 0) is 60.2 Å². The number of pyridine rings is 1. The maximum absolute atomic E-state index is 14.9. The molecule has 198 valence electrons. The van der Waals surface area contributed by atoms with Gasteiger partial charge in [0.1, 0.15) is 22.7 Å². The molecule has 1 fully saturated rings. The average Bonchev–Trinajstić information content (AvgIpc) is 2.86. The van der Waals surface area contributed by atoms with Gasteiger partial charge in [-0.1, -0.05) is 11.6 Å². The zero-order valence-electron chi connectivity index (χ0n) is 19.6. The molecule has 2 N–H and O–H groups in total. The number of piperazine rings is 1. The molecule has 1 aromatic heterocycles. The van der Waals surface area contributed by atoms with E-state index >= 15 is 0 Å². The summed E-state index contributed by atoms with van der Waals surface area (Å²) in [6.07, 6.45) is 1.21. The zero-order chi connectivity index (χ0) is 26.6. The van der Waals surface area contributed by atoms with Crippen LogP contribution in [0.15, 0.2) is 65.7 Å². The minimum atomic E-state index is -4.33. The van der Waals surface area contributed by atoms with E-state index in [-0.39, 0.29) is 22.0 Å². The van der Waals surface area contributed by atoms with Crippen molar-refractivity contribution in [3.05, 3.63) is 88.6 Å². The van der Waals surface area contributed by atoms with Gasteiger partial charge in [0.2, 0.25) is 10.0 Å². The molecular weight excluding hydrogens is 546 g/mol. The van der Waals surface area contributed by atoms with Crippen LogP contribution in [0.1, 0.15) is 16.4 Å². The largest absolute Gasteiger partial charge is 0.314 e. The fraction of sp³-hybridized carbons (Fsp3) is 0.292. The molecule has 1 unspecified atom stereocenters. The molecule has 2 heterocycles. The van der Waals surface area contributed by atoms with E-state index in [0.29, 0.717) is 11.6 Å². The van der Waals surface area contributed by atoms with Crippen LogP contribution in [0.25, 0.3) is 0 Å². The Morgan fingerprint density at radius 2 is 1.70 bits per heavy atom. The van der Waals surface area contributed by atoms with Gasteiger partial charge in [-0.3, -0.25) is 9.62 Å². The van der Waals surface area contributed by atoms with Crippen molar-refractivity contribution in [3.8, 4) is 0 Å². The van der Waals surface area contributed by atoms with Gasteiger partial charge < -0.3 is 5.32 Å². The van der Waals surface area contributed by atoms with E-state index in [9.17, 15) is 25.6 Å². The molecule has 1 aliphatic rings. The first-order valence-corrected chi connectivity index (χ1v) is 15.0. The van der Waals surface area contributed by atoms with Crippen LogP contribution in [0.5, 0.6) is 0 Å². The Hall–Kier alpha value is -2.64. The maximum atomic E-state index is 14.9. The lowest BCUT2D eigenvalue weighted by Gasteiger charge is -2.26. The van der Waals surface area contributed by atoms with Crippen LogP contribution in [0.4, 0.5) is 14.6 Å². The summed E-state index contributed by atoms with van der Waals surface area (Å²) < 4.78 is 84.1. The maximum Gasteiger partial charge on any atom is 0.235 e. The van der Waals surface area contributed by atoms with Crippen molar-refractivity contribution in [1.29, 1.82) is 0 Å². The van der Waals surface area contributed by atoms with E-state index in [1.54, 1.807) is 0 Å². The lowest BCUT2D eigenvalue weighted by atomic mass is 10.0. The third kappa shape index (κ3) is 6.82. The van der Waals surface area contributed by atoms with Crippen molar-refractivity contribution in [2.75, 3.05) is 43.2 Å². The van der Waals surface area contributed by atoms with E-state index in [1.807, 2.05) is 4.90 Å². The van der Waals surface area contributed by atoms with Crippen molar-refractivity contribution in [1.82, 2.24) is 15.2 Å². The molecule has 1 atom stereocenters. The Morgan fingerprint density at radius 3 is 2.41 bits per heavy atom. The van der Waals surface area contributed by atoms with Gasteiger partial charge in [0.05, 0.1) is 10.6 Å². The van der Waals surface area contributed by atoms with Gasteiger partial charge in [-0.2, -0.15) is 0 Å². The predicted molar refractivity (Wildman–Crippen MR) is 138 cm³/mol. The first-order valence-electron chi connectivity index (χ1n) is 11.4. The molecule has 8 nitrogen and oxygen atoms in total. The quantitative estimate of drug-likeness (QED) is 0.407. The number of halogens is 3. The lowest BCUT2D eigenvalue weighted by Crippen LogP contribution is -2.45. The number of nitrogens with one attached hydrogen (secondary N) is 2. The van der Waals surface area contributed by atoms with Crippen LogP contribution in [-0.2, 0) is 19.9 Å². The van der Waals surface area contributed by atoms with Gasteiger partial charge in [0.25, 0.3) is 0 Å². The SMILES string of the molecule is O=S(=O)(CCN1CCNCC1)Nc1cc(C(c2cc(F)ccc2F)S(=O)(=O)c2ccc(Cl)cc2)ccn1. The Bertz CT molecular complexity index is 1470. The number of benzene rings is 2. The highest BCUT2D eigenvalue weighted by Gasteiger charge is 2.34. The standard InChI is InChI=1S/C24H25ClF2N4O4S2/c25-18-1-4-20(5-2-18)37(34,35)24(21-16-19(26)3-6-22(21)27)17-7-8-29-23(15-17)30-36(32,33)14-13-31-11-9-28-10-12-31/h1-8,15-16,24,28H,9-14H2,(H,29,30). The van der Waals surface area contributed by atoms with Crippen LogP contribution in [0.2, 0.25) is 5.02 Å². The topological polar surface area (TPSA) is 108 Å². The number of rotatable bonds is 9. The Morgan fingerprint density at radius 1 is 1.00 bits per heavy atom. The molecule has 0 radical (unpaired) electrons.